The Balaban J connectivity index is 2.48. The van der Waals surface area contributed by atoms with Crippen LogP contribution in [0.2, 0.25) is 0 Å². The highest BCUT2D eigenvalue weighted by molar-refractivity contribution is 6.04. The van der Waals surface area contributed by atoms with E-state index in [2.05, 4.69) is 0 Å². The van der Waals surface area contributed by atoms with Crippen molar-refractivity contribution >= 4 is 5.78 Å². The van der Waals surface area contributed by atoms with E-state index < -0.39 is 5.41 Å². The van der Waals surface area contributed by atoms with Gasteiger partial charge in [-0.1, -0.05) is 44.2 Å². The van der Waals surface area contributed by atoms with E-state index in [0.717, 1.165) is 18.4 Å². The molecule has 104 valence electrons. The van der Waals surface area contributed by atoms with Crippen molar-refractivity contribution in [2.45, 2.75) is 32.1 Å². The lowest BCUT2D eigenvalue weighted by molar-refractivity contribution is 0.0873. The maximum Gasteiger partial charge on any atom is 0.173 e. The standard InChI is InChI=1S/C18H19FO/c1-3-18(4-2,15-8-6-5-7-9-15)17(20)14-10-12-16(19)13-11-14/h5-13H,3-4H2,1-2H3. The molecular formula is C18H19FO. The molecule has 2 heteroatoms. The number of Topliss-reactive ketones (excluding diaryl/α,β-unsaturated/α-hetero) is 1. The monoisotopic (exact) mass is 270 g/mol. The summed E-state index contributed by atoms with van der Waals surface area (Å²) in [4.78, 5) is 12.9. The van der Waals surface area contributed by atoms with Gasteiger partial charge in [0.05, 0.1) is 5.41 Å². The van der Waals surface area contributed by atoms with Crippen LogP contribution in [-0.4, -0.2) is 5.78 Å². The smallest absolute Gasteiger partial charge is 0.173 e. The zero-order valence-electron chi connectivity index (χ0n) is 11.9. The lowest BCUT2D eigenvalue weighted by Gasteiger charge is -2.31. The van der Waals surface area contributed by atoms with Crippen LogP contribution in [0, 0.1) is 5.82 Å². The average molecular weight is 270 g/mol. The molecule has 1 nitrogen and oxygen atoms in total. The molecule has 0 atom stereocenters. The quantitative estimate of drug-likeness (QED) is 0.715. The first-order chi connectivity index (χ1) is 9.64. The molecule has 0 amide bonds. The Morgan fingerprint density at radius 1 is 0.950 bits per heavy atom. The molecule has 0 spiro atoms. The van der Waals surface area contributed by atoms with Gasteiger partial charge in [-0.05, 0) is 42.7 Å². The van der Waals surface area contributed by atoms with Crippen LogP contribution in [0.1, 0.15) is 42.6 Å². The SMILES string of the molecule is CCC(CC)(C(=O)c1ccc(F)cc1)c1ccccc1. The molecule has 0 saturated heterocycles. The van der Waals surface area contributed by atoms with Gasteiger partial charge in [0.1, 0.15) is 5.82 Å². The van der Waals surface area contributed by atoms with Gasteiger partial charge in [0.25, 0.3) is 0 Å². The Bertz CT molecular complexity index is 568. The van der Waals surface area contributed by atoms with E-state index in [0.29, 0.717) is 5.56 Å². The summed E-state index contributed by atoms with van der Waals surface area (Å²) in [7, 11) is 0. The third kappa shape index (κ3) is 2.51. The number of halogens is 1. The predicted molar refractivity (Wildman–Crippen MR) is 79.4 cm³/mol. The van der Waals surface area contributed by atoms with E-state index in [1.165, 1.54) is 12.1 Å². The highest BCUT2D eigenvalue weighted by atomic mass is 19.1. The third-order valence-electron chi connectivity index (χ3n) is 4.07. The summed E-state index contributed by atoms with van der Waals surface area (Å²) < 4.78 is 13.0. The van der Waals surface area contributed by atoms with Crippen molar-refractivity contribution in [3.05, 3.63) is 71.5 Å². The second kappa shape index (κ2) is 6.00. The minimum absolute atomic E-state index is 0.0636. The van der Waals surface area contributed by atoms with Crippen molar-refractivity contribution in [1.29, 1.82) is 0 Å². The Hall–Kier alpha value is -1.96. The Morgan fingerprint density at radius 2 is 1.50 bits per heavy atom. The number of carbonyl (C=O) groups excluding carboxylic acids is 1. The molecule has 0 unspecified atom stereocenters. The van der Waals surface area contributed by atoms with Crippen LogP contribution in [0.25, 0.3) is 0 Å². The second-order valence-corrected chi connectivity index (χ2v) is 4.99. The Labute approximate surface area is 119 Å². The molecule has 2 rings (SSSR count). The highest BCUT2D eigenvalue weighted by Gasteiger charge is 2.36. The predicted octanol–water partition coefficient (Wildman–Crippen LogP) is 4.77. The van der Waals surface area contributed by atoms with Gasteiger partial charge in [-0.2, -0.15) is 0 Å². The maximum absolute atomic E-state index is 13.0. The van der Waals surface area contributed by atoms with Crippen LogP contribution in [0.4, 0.5) is 4.39 Å². The molecule has 0 fully saturated rings. The summed E-state index contributed by atoms with van der Waals surface area (Å²) in [5, 5.41) is 0. The number of hydrogen-bond acceptors (Lipinski definition) is 1. The number of carbonyl (C=O) groups is 1. The van der Waals surface area contributed by atoms with Crippen molar-refractivity contribution in [3.63, 3.8) is 0 Å². The van der Waals surface area contributed by atoms with E-state index in [-0.39, 0.29) is 11.6 Å². The number of benzene rings is 2. The molecule has 0 aliphatic heterocycles. The van der Waals surface area contributed by atoms with Crippen LogP contribution < -0.4 is 0 Å². The van der Waals surface area contributed by atoms with E-state index in [1.807, 2.05) is 44.2 Å². The molecule has 2 aromatic carbocycles. The molecule has 0 saturated carbocycles. The van der Waals surface area contributed by atoms with Gasteiger partial charge in [0.15, 0.2) is 5.78 Å². The zero-order chi connectivity index (χ0) is 14.6. The van der Waals surface area contributed by atoms with Crippen molar-refractivity contribution in [2.24, 2.45) is 0 Å². The Morgan fingerprint density at radius 3 is 2.00 bits per heavy atom. The first-order valence-corrected chi connectivity index (χ1v) is 7.00. The van der Waals surface area contributed by atoms with E-state index in [1.54, 1.807) is 12.1 Å². The van der Waals surface area contributed by atoms with Crippen LogP contribution in [0.3, 0.4) is 0 Å². The molecule has 20 heavy (non-hydrogen) atoms. The van der Waals surface area contributed by atoms with E-state index >= 15 is 0 Å². The molecule has 0 aliphatic rings. The minimum atomic E-state index is -0.529. The van der Waals surface area contributed by atoms with Gasteiger partial charge >= 0.3 is 0 Å². The van der Waals surface area contributed by atoms with Crippen molar-refractivity contribution in [2.75, 3.05) is 0 Å². The molecule has 0 aliphatic carbocycles. The molecule has 2 aromatic rings. The number of hydrogen-bond donors (Lipinski definition) is 0. The van der Waals surface area contributed by atoms with Gasteiger partial charge in [0, 0.05) is 5.56 Å². The first-order valence-electron chi connectivity index (χ1n) is 7.00. The van der Waals surface area contributed by atoms with Gasteiger partial charge < -0.3 is 0 Å². The molecular weight excluding hydrogens is 251 g/mol. The van der Waals surface area contributed by atoms with Crippen molar-refractivity contribution in [3.8, 4) is 0 Å². The average Bonchev–Trinajstić information content (AvgIpc) is 2.51. The van der Waals surface area contributed by atoms with Gasteiger partial charge in [0.2, 0.25) is 0 Å². The number of rotatable bonds is 5. The van der Waals surface area contributed by atoms with Crippen LogP contribution in [-0.2, 0) is 5.41 Å². The van der Waals surface area contributed by atoms with Crippen LogP contribution in [0.15, 0.2) is 54.6 Å². The summed E-state index contributed by atoms with van der Waals surface area (Å²) in [5.74, 6) is -0.256. The number of ketones is 1. The molecule has 0 radical (unpaired) electrons. The fraction of sp³-hybridized carbons (Fsp3) is 0.278. The summed E-state index contributed by atoms with van der Waals surface area (Å²) in [6.45, 7) is 4.05. The molecule has 0 aromatic heterocycles. The van der Waals surface area contributed by atoms with Gasteiger partial charge in [-0.15, -0.1) is 0 Å². The lowest BCUT2D eigenvalue weighted by atomic mass is 9.70. The van der Waals surface area contributed by atoms with Crippen molar-refractivity contribution < 1.29 is 9.18 Å². The van der Waals surface area contributed by atoms with E-state index in [9.17, 15) is 9.18 Å². The summed E-state index contributed by atoms with van der Waals surface area (Å²) >= 11 is 0. The highest BCUT2D eigenvalue weighted by Crippen LogP contribution is 2.35. The topological polar surface area (TPSA) is 17.1 Å². The van der Waals surface area contributed by atoms with Gasteiger partial charge in [-0.3, -0.25) is 4.79 Å². The zero-order valence-corrected chi connectivity index (χ0v) is 11.9. The lowest BCUT2D eigenvalue weighted by Crippen LogP contribution is -2.34. The normalized spacial score (nSPS) is 11.3. The summed E-state index contributed by atoms with van der Waals surface area (Å²) in [6, 6.07) is 15.7. The largest absolute Gasteiger partial charge is 0.293 e. The third-order valence-corrected chi connectivity index (χ3v) is 4.07. The molecule has 0 bridgehead atoms. The summed E-state index contributed by atoms with van der Waals surface area (Å²) in [5.41, 5.74) is 1.07. The van der Waals surface area contributed by atoms with Crippen molar-refractivity contribution in [1.82, 2.24) is 0 Å². The van der Waals surface area contributed by atoms with E-state index in [4.69, 9.17) is 0 Å². The molecule has 0 N–H and O–H groups in total. The van der Waals surface area contributed by atoms with Crippen LogP contribution >= 0.6 is 0 Å². The minimum Gasteiger partial charge on any atom is -0.293 e. The fourth-order valence-corrected chi connectivity index (χ4v) is 2.75. The fourth-order valence-electron chi connectivity index (χ4n) is 2.75. The Kier molecular flexibility index (Phi) is 4.33. The molecule has 0 heterocycles. The van der Waals surface area contributed by atoms with Crippen LogP contribution in [0.5, 0.6) is 0 Å². The second-order valence-electron chi connectivity index (χ2n) is 4.99. The van der Waals surface area contributed by atoms with Gasteiger partial charge in [-0.25, -0.2) is 4.39 Å². The first kappa shape index (κ1) is 14.4. The summed E-state index contributed by atoms with van der Waals surface area (Å²) in [6.07, 6.45) is 1.45. The maximum atomic E-state index is 13.0.